The predicted octanol–water partition coefficient (Wildman–Crippen LogP) is 5.63. The first-order chi connectivity index (χ1) is 16.0. The van der Waals surface area contributed by atoms with Gasteiger partial charge >= 0.3 is 0 Å². The summed E-state index contributed by atoms with van der Waals surface area (Å²) in [5.41, 5.74) is 4.88. The molecular weight excluding hydrogens is 441 g/mol. The summed E-state index contributed by atoms with van der Waals surface area (Å²) in [4.78, 5) is 20.3. The van der Waals surface area contributed by atoms with Crippen LogP contribution >= 0.6 is 11.6 Å². The molecular formula is C26H19ClFN3O2. The van der Waals surface area contributed by atoms with Gasteiger partial charge in [-0.25, -0.2) is 9.37 Å². The van der Waals surface area contributed by atoms with Crippen molar-refractivity contribution in [3.63, 3.8) is 0 Å². The standard InChI is InChI=1S/C26H19ClFN3O2/c27-21-7-10-24-19(12-21)11-20(15-33-24)26(32)30-13-16-1-3-18(4-2-16)25-29-14-23(31-25)17-5-8-22(28)9-6-17/h1-12,14H,13,15H2,(H,29,31)(H,30,32). The third-order valence-electron chi connectivity index (χ3n) is 5.39. The predicted molar refractivity (Wildman–Crippen MR) is 126 cm³/mol. The highest BCUT2D eigenvalue weighted by Crippen LogP contribution is 2.29. The molecule has 0 radical (unpaired) electrons. The molecule has 0 atom stereocenters. The SMILES string of the molecule is O=C(NCc1ccc(-c2ncc(-c3ccc(F)cc3)[nH]2)cc1)C1=Cc2cc(Cl)ccc2OC1. The van der Waals surface area contributed by atoms with E-state index in [1.165, 1.54) is 12.1 Å². The molecule has 0 aliphatic carbocycles. The summed E-state index contributed by atoms with van der Waals surface area (Å²) in [7, 11) is 0. The van der Waals surface area contributed by atoms with Crippen molar-refractivity contribution in [2.75, 3.05) is 6.61 Å². The van der Waals surface area contributed by atoms with Crippen LogP contribution in [0.1, 0.15) is 11.1 Å². The number of H-pyrrole nitrogens is 1. The van der Waals surface area contributed by atoms with Crippen LogP contribution in [0.4, 0.5) is 4.39 Å². The van der Waals surface area contributed by atoms with Crippen molar-refractivity contribution >= 4 is 23.6 Å². The second-order valence-corrected chi connectivity index (χ2v) is 8.11. The van der Waals surface area contributed by atoms with Crippen molar-refractivity contribution in [1.82, 2.24) is 15.3 Å². The van der Waals surface area contributed by atoms with Gasteiger partial charge in [-0.3, -0.25) is 4.79 Å². The first kappa shape index (κ1) is 21.0. The molecule has 33 heavy (non-hydrogen) atoms. The lowest BCUT2D eigenvalue weighted by atomic mass is 10.1. The van der Waals surface area contributed by atoms with Crippen LogP contribution in [0.15, 0.2) is 78.5 Å². The molecule has 5 rings (SSSR count). The Balaban J connectivity index is 1.23. The van der Waals surface area contributed by atoms with Gasteiger partial charge in [0.25, 0.3) is 5.91 Å². The number of carbonyl (C=O) groups excluding carboxylic acids is 1. The number of aromatic nitrogens is 2. The van der Waals surface area contributed by atoms with Crippen LogP contribution in [-0.2, 0) is 11.3 Å². The highest BCUT2D eigenvalue weighted by Gasteiger charge is 2.17. The maximum absolute atomic E-state index is 13.1. The van der Waals surface area contributed by atoms with Gasteiger partial charge in [-0.05, 0) is 59.7 Å². The number of nitrogens with zero attached hydrogens (tertiary/aromatic N) is 1. The van der Waals surface area contributed by atoms with E-state index in [1.807, 2.05) is 24.3 Å². The van der Waals surface area contributed by atoms with E-state index in [0.717, 1.165) is 27.9 Å². The van der Waals surface area contributed by atoms with Gasteiger partial charge in [0.2, 0.25) is 0 Å². The van der Waals surface area contributed by atoms with E-state index in [1.54, 1.807) is 42.6 Å². The Morgan fingerprint density at radius 1 is 1.06 bits per heavy atom. The number of nitrogens with one attached hydrogen (secondary N) is 2. The number of ether oxygens (including phenoxy) is 1. The molecule has 2 N–H and O–H groups in total. The second-order valence-electron chi connectivity index (χ2n) is 7.67. The number of rotatable bonds is 5. The fraction of sp³-hybridized carbons (Fsp3) is 0.0769. The summed E-state index contributed by atoms with van der Waals surface area (Å²) >= 11 is 6.03. The molecule has 5 nitrogen and oxygen atoms in total. The van der Waals surface area contributed by atoms with Gasteiger partial charge in [-0.15, -0.1) is 0 Å². The van der Waals surface area contributed by atoms with Crippen LogP contribution in [0.5, 0.6) is 5.75 Å². The molecule has 1 amide bonds. The van der Waals surface area contributed by atoms with Gasteiger partial charge in [-0.1, -0.05) is 35.9 Å². The maximum Gasteiger partial charge on any atom is 0.250 e. The third-order valence-corrected chi connectivity index (χ3v) is 5.62. The van der Waals surface area contributed by atoms with Gasteiger partial charge in [-0.2, -0.15) is 0 Å². The summed E-state index contributed by atoms with van der Waals surface area (Å²) in [5, 5.41) is 3.52. The van der Waals surface area contributed by atoms with Crippen molar-refractivity contribution in [3.05, 3.63) is 100 Å². The van der Waals surface area contributed by atoms with Crippen molar-refractivity contribution in [1.29, 1.82) is 0 Å². The van der Waals surface area contributed by atoms with E-state index in [-0.39, 0.29) is 18.3 Å². The Labute approximate surface area is 194 Å². The first-order valence-electron chi connectivity index (χ1n) is 10.4. The first-order valence-corrected chi connectivity index (χ1v) is 10.7. The molecule has 2 heterocycles. The Kier molecular flexibility index (Phi) is 5.67. The molecule has 0 unspecified atom stereocenters. The number of imidazole rings is 1. The van der Waals surface area contributed by atoms with E-state index < -0.39 is 0 Å². The lowest BCUT2D eigenvalue weighted by Gasteiger charge is -2.18. The van der Waals surface area contributed by atoms with Gasteiger partial charge < -0.3 is 15.0 Å². The van der Waals surface area contributed by atoms with Crippen molar-refractivity contribution < 1.29 is 13.9 Å². The second kappa shape index (κ2) is 8.92. The zero-order valence-corrected chi connectivity index (χ0v) is 18.2. The van der Waals surface area contributed by atoms with Crippen LogP contribution in [0.2, 0.25) is 5.02 Å². The van der Waals surface area contributed by atoms with E-state index in [9.17, 15) is 9.18 Å². The Morgan fingerprint density at radius 2 is 1.82 bits per heavy atom. The Morgan fingerprint density at radius 3 is 2.61 bits per heavy atom. The molecule has 0 spiro atoms. The number of hydrogen-bond donors (Lipinski definition) is 2. The smallest absolute Gasteiger partial charge is 0.250 e. The minimum atomic E-state index is -0.275. The van der Waals surface area contributed by atoms with Crippen LogP contribution in [0.3, 0.4) is 0 Å². The number of hydrogen-bond acceptors (Lipinski definition) is 3. The molecule has 4 aromatic rings. The number of amides is 1. The molecule has 164 valence electrons. The average molecular weight is 460 g/mol. The molecule has 0 fully saturated rings. The van der Waals surface area contributed by atoms with E-state index in [0.29, 0.717) is 28.7 Å². The maximum atomic E-state index is 13.1. The molecule has 1 aromatic heterocycles. The van der Waals surface area contributed by atoms with Gasteiger partial charge in [0.1, 0.15) is 24.0 Å². The third kappa shape index (κ3) is 4.66. The van der Waals surface area contributed by atoms with Crippen LogP contribution in [0, 0.1) is 5.82 Å². The zero-order chi connectivity index (χ0) is 22.8. The van der Waals surface area contributed by atoms with Gasteiger partial charge in [0, 0.05) is 22.7 Å². The number of aromatic amines is 1. The largest absolute Gasteiger partial charge is 0.488 e. The average Bonchev–Trinajstić information content (AvgIpc) is 3.33. The zero-order valence-electron chi connectivity index (χ0n) is 17.4. The Hall–Kier alpha value is -3.90. The molecule has 1 aliphatic heterocycles. The summed E-state index contributed by atoms with van der Waals surface area (Å²) in [6, 6.07) is 19.3. The normalized spacial score (nSPS) is 12.5. The lowest BCUT2D eigenvalue weighted by molar-refractivity contribution is -0.117. The van der Waals surface area contributed by atoms with Gasteiger partial charge in [0.05, 0.1) is 17.5 Å². The molecule has 1 aliphatic rings. The highest BCUT2D eigenvalue weighted by atomic mass is 35.5. The summed E-state index contributed by atoms with van der Waals surface area (Å²) in [6.45, 7) is 0.603. The molecule has 0 saturated heterocycles. The number of fused-ring (bicyclic) bond motifs is 1. The fourth-order valence-electron chi connectivity index (χ4n) is 3.60. The van der Waals surface area contributed by atoms with Crippen LogP contribution in [-0.4, -0.2) is 22.5 Å². The summed E-state index contributed by atoms with van der Waals surface area (Å²) in [5.74, 6) is 0.973. The highest BCUT2D eigenvalue weighted by molar-refractivity contribution is 6.30. The fourth-order valence-corrected chi connectivity index (χ4v) is 3.78. The lowest BCUT2D eigenvalue weighted by Crippen LogP contribution is -2.28. The molecule has 0 bridgehead atoms. The van der Waals surface area contributed by atoms with Crippen molar-refractivity contribution in [2.45, 2.75) is 6.54 Å². The van der Waals surface area contributed by atoms with Crippen LogP contribution in [0.25, 0.3) is 28.7 Å². The quantitative estimate of drug-likeness (QED) is 0.406. The minimum absolute atomic E-state index is 0.181. The molecule has 7 heteroatoms. The summed E-state index contributed by atoms with van der Waals surface area (Å²) in [6.07, 6.45) is 3.53. The van der Waals surface area contributed by atoms with E-state index in [4.69, 9.17) is 16.3 Å². The Bertz CT molecular complexity index is 1340. The van der Waals surface area contributed by atoms with Crippen molar-refractivity contribution in [2.24, 2.45) is 0 Å². The number of halogens is 2. The molecule has 3 aromatic carbocycles. The topological polar surface area (TPSA) is 67.0 Å². The number of carbonyl (C=O) groups is 1. The minimum Gasteiger partial charge on any atom is -0.488 e. The summed E-state index contributed by atoms with van der Waals surface area (Å²) < 4.78 is 18.8. The van der Waals surface area contributed by atoms with E-state index >= 15 is 0 Å². The number of benzene rings is 3. The van der Waals surface area contributed by atoms with Crippen LogP contribution < -0.4 is 10.1 Å². The monoisotopic (exact) mass is 459 g/mol. The van der Waals surface area contributed by atoms with Crippen molar-refractivity contribution in [3.8, 4) is 28.4 Å². The van der Waals surface area contributed by atoms with E-state index in [2.05, 4.69) is 15.3 Å². The van der Waals surface area contributed by atoms with Gasteiger partial charge in [0.15, 0.2) is 0 Å². The molecule has 0 saturated carbocycles.